The third kappa shape index (κ3) is 2.69. The predicted octanol–water partition coefficient (Wildman–Crippen LogP) is 2.78. The van der Waals surface area contributed by atoms with Crippen molar-refractivity contribution in [2.24, 2.45) is 0 Å². The van der Waals surface area contributed by atoms with Crippen molar-refractivity contribution >= 4 is 11.9 Å². The van der Waals surface area contributed by atoms with E-state index in [0.29, 0.717) is 5.56 Å². The molecule has 4 nitrogen and oxygen atoms in total. The molecule has 1 aliphatic rings. The number of carboxylic acids is 1. The van der Waals surface area contributed by atoms with Gasteiger partial charge < -0.3 is 9.84 Å². The van der Waals surface area contributed by atoms with Crippen LogP contribution in [-0.2, 0) is 15.7 Å². The molecule has 1 atom stereocenters. The number of cyclic esters (lactones) is 1. The van der Waals surface area contributed by atoms with Crippen LogP contribution >= 0.6 is 0 Å². The van der Waals surface area contributed by atoms with Gasteiger partial charge in [0, 0.05) is 12.0 Å². The van der Waals surface area contributed by atoms with Crippen LogP contribution in [-0.4, -0.2) is 17.0 Å². The third-order valence-corrected chi connectivity index (χ3v) is 2.82. The number of carbonyl (C=O) groups is 2. The molecule has 1 heterocycles. The van der Waals surface area contributed by atoms with Crippen LogP contribution in [0.3, 0.4) is 0 Å². The van der Waals surface area contributed by atoms with Gasteiger partial charge in [0.15, 0.2) is 0 Å². The molecule has 1 aromatic rings. The molecule has 0 saturated heterocycles. The van der Waals surface area contributed by atoms with Gasteiger partial charge >= 0.3 is 18.1 Å². The Bertz CT molecular complexity index is 536. The maximum Gasteiger partial charge on any atom is 0.416 e. The molecule has 0 aliphatic carbocycles. The summed E-state index contributed by atoms with van der Waals surface area (Å²) in [4.78, 5) is 21.9. The molecular weight excluding hydrogens is 265 g/mol. The molecule has 2 rings (SSSR count). The number of hydrogen-bond acceptors (Lipinski definition) is 3. The third-order valence-electron chi connectivity index (χ3n) is 2.82. The maximum atomic E-state index is 12.5. The zero-order chi connectivity index (χ0) is 14.2. The molecule has 0 spiro atoms. The van der Waals surface area contributed by atoms with Gasteiger partial charge in [-0.05, 0) is 18.6 Å². The van der Waals surface area contributed by atoms with Crippen LogP contribution in [0.1, 0.15) is 40.4 Å². The van der Waals surface area contributed by atoms with Crippen molar-refractivity contribution in [2.45, 2.75) is 25.1 Å². The summed E-state index contributed by atoms with van der Waals surface area (Å²) in [7, 11) is 0. The quantitative estimate of drug-likeness (QED) is 0.861. The number of rotatable bonds is 3. The van der Waals surface area contributed by atoms with Crippen LogP contribution < -0.4 is 0 Å². The van der Waals surface area contributed by atoms with Gasteiger partial charge in [-0.3, -0.25) is 4.79 Å². The molecule has 0 bridgehead atoms. The monoisotopic (exact) mass is 274 g/mol. The van der Waals surface area contributed by atoms with E-state index in [1.807, 2.05) is 0 Å². The highest BCUT2D eigenvalue weighted by Gasteiger charge is 2.36. The largest absolute Gasteiger partial charge is 0.481 e. The SMILES string of the molecule is O=C(O)CCC1OC(=O)c2cc(C(F)(F)F)ccc21. The Morgan fingerprint density at radius 2 is 2.05 bits per heavy atom. The van der Waals surface area contributed by atoms with E-state index < -0.39 is 29.8 Å². The second kappa shape index (κ2) is 4.56. The number of halogens is 3. The lowest BCUT2D eigenvalue weighted by molar-refractivity contribution is -0.138. The van der Waals surface area contributed by atoms with E-state index in [4.69, 9.17) is 9.84 Å². The van der Waals surface area contributed by atoms with Crippen molar-refractivity contribution in [1.82, 2.24) is 0 Å². The van der Waals surface area contributed by atoms with Gasteiger partial charge in [-0.2, -0.15) is 13.2 Å². The Morgan fingerprint density at radius 3 is 2.63 bits per heavy atom. The number of carboxylic acid groups (broad SMARTS) is 1. The van der Waals surface area contributed by atoms with E-state index in [-0.39, 0.29) is 18.4 Å². The summed E-state index contributed by atoms with van der Waals surface area (Å²) < 4.78 is 42.4. The standard InChI is InChI=1S/C12H9F3O4/c13-12(14,15)6-1-2-7-8(5-6)11(18)19-9(7)3-4-10(16)17/h1-2,5,9H,3-4H2,(H,16,17). The molecule has 7 heteroatoms. The van der Waals surface area contributed by atoms with Crippen LogP contribution in [0.15, 0.2) is 18.2 Å². The molecule has 0 aromatic heterocycles. The lowest BCUT2D eigenvalue weighted by Gasteiger charge is -2.10. The predicted molar refractivity (Wildman–Crippen MR) is 56.5 cm³/mol. The van der Waals surface area contributed by atoms with Gasteiger partial charge in [0.05, 0.1) is 11.1 Å². The van der Waals surface area contributed by atoms with Crippen molar-refractivity contribution in [3.8, 4) is 0 Å². The highest BCUT2D eigenvalue weighted by Crippen LogP contribution is 2.38. The van der Waals surface area contributed by atoms with Crippen molar-refractivity contribution in [2.75, 3.05) is 0 Å². The topological polar surface area (TPSA) is 63.6 Å². The number of benzene rings is 1. The van der Waals surface area contributed by atoms with Crippen LogP contribution in [0.4, 0.5) is 13.2 Å². The fourth-order valence-electron chi connectivity index (χ4n) is 1.92. The second-order valence-corrected chi connectivity index (χ2v) is 4.13. The molecule has 0 fully saturated rings. The van der Waals surface area contributed by atoms with Crippen molar-refractivity contribution in [1.29, 1.82) is 0 Å². The summed E-state index contributed by atoms with van der Waals surface area (Å²) in [6.45, 7) is 0. The fraction of sp³-hybridized carbons (Fsp3) is 0.333. The number of aliphatic carboxylic acids is 1. The molecule has 1 N–H and O–H groups in total. The minimum absolute atomic E-state index is 0.0411. The highest BCUT2D eigenvalue weighted by molar-refractivity contribution is 5.94. The first-order chi connectivity index (χ1) is 8.79. The van der Waals surface area contributed by atoms with Gasteiger partial charge in [-0.15, -0.1) is 0 Å². The smallest absolute Gasteiger partial charge is 0.416 e. The van der Waals surface area contributed by atoms with Crippen LogP contribution in [0.2, 0.25) is 0 Å². The maximum absolute atomic E-state index is 12.5. The minimum Gasteiger partial charge on any atom is -0.481 e. The van der Waals surface area contributed by atoms with Gasteiger partial charge in [0.2, 0.25) is 0 Å². The normalized spacial score (nSPS) is 18.1. The molecule has 102 valence electrons. The molecule has 0 saturated carbocycles. The van der Waals surface area contributed by atoms with Crippen molar-refractivity contribution in [3.63, 3.8) is 0 Å². The first-order valence-electron chi connectivity index (χ1n) is 5.43. The Balaban J connectivity index is 2.29. The molecule has 1 aliphatic heterocycles. The highest BCUT2D eigenvalue weighted by atomic mass is 19.4. The van der Waals surface area contributed by atoms with Crippen molar-refractivity contribution in [3.05, 3.63) is 34.9 Å². The van der Waals surface area contributed by atoms with Gasteiger partial charge in [0.25, 0.3) is 0 Å². The first-order valence-corrected chi connectivity index (χ1v) is 5.43. The molecule has 1 unspecified atom stereocenters. The molecule has 19 heavy (non-hydrogen) atoms. The molecule has 0 radical (unpaired) electrons. The number of esters is 1. The Kier molecular flexibility index (Phi) is 3.21. The number of carbonyl (C=O) groups excluding carboxylic acids is 1. The minimum atomic E-state index is -4.53. The van der Waals surface area contributed by atoms with Crippen LogP contribution in [0, 0.1) is 0 Å². The van der Waals surface area contributed by atoms with Gasteiger partial charge in [0.1, 0.15) is 6.10 Å². The summed E-state index contributed by atoms with van der Waals surface area (Å²) >= 11 is 0. The molecule has 1 aromatic carbocycles. The lowest BCUT2D eigenvalue weighted by Crippen LogP contribution is -2.06. The lowest BCUT2D eigenvalue weighted by atomic mass is 9.99. The first kappa shape index (κ1) is 13.4. The number of hydrogen-bond donors (Lipinski definition) is 1. The van der Waals surface area contributed by atoms with E-state index in [1.165, 1.54) is 0 Å². The summed E-state index contributed by atoms with van der Waals surface area (Å²) in [6.07, 6.45) is -5.51. The second-order valence-electron chi connectivity index (χ2n) is 4.13. The average molecular weight is 274 g/mol. The molecular formula is C12H9F3O4. The van der Waals surface area contributed by atoms with E-state index in [0.717, 1.165) is 18.2 Å². The number of alkyl halides is 3. The Labute approximate surface area is 105 Å². The van der Waals surface area contributed by atoms with Crippen LogP contribution in [0.25, 0.3) is 0 Å². The van der Waals surface area contributed by atoms with Gasteiger partial charge in [-0.1, -0.05) is 6.07 Å². The summed E-state index contributed by atoms with van der Waals surface area (Å²) in [5.41, 5.74) is -0.772. The fourth-order valence-corrected chi connectivity index (χ4v) is 1.92. The summed E-state index contributed by atoms with van der Waals surface area (Å²) in [5.74, 6) is -1.91. The molecule has 0 amide bonds. The van der Waals surface area contributed by atoms with Gasteiger partial charge in [-0.25, -0.2) is 4.79 Å². The Morgan fingerprint density at radius 1 is 1.37 bits per heavy atom. The van der Waals surface area contributed by atoms with Crippen molar-refractivity contribution < 1.29 is 32.6 Å². The Hall–Kier alpha value is -2.05. The van der Waals surface area contributed by atoms with Crippen LogP contribution in [0.5, 0.6) is 0 Å². The van der Waals surface area contributed by atoms with E-state index in [9.17, 15) is 22.8 Å². The zero-order valence-electron chi connectivity index (χ0n) is 9.53. The summed E-state index contributed by atoms with van der Waals surface area (Å²) in [5, 5.41) is 8.55. The summed E-state index contributed by atoms with van der Waals surface area (Å²) in [6, 6.07) is 2.75. The number of ether oxygens (including phenoxy) is 1. The zero-order valence-corrected chi connectivity index (χ0v) is 9.53. The number of fused-ring (bicyclic) bond motifs is 1. The average Bonchev–Trinajstić information content (AvgIpc) is 2.62. The van der Waals surface area contributed by atoms with E-state index in [1.54, 1.807) is 0 Å². The van der Waals surface area contributed by atoms with E-state index >= 15 is 0 Å². The van der Waals surface area contributed by atoms with E-state index in [2.05, 4.69) is 0 Å².